The van der Waals surface area contributed by atoms with Gasteiger partial charge in [0.15, 0.2) is 5.16 Å². The van der Waals surface area contributed by atoms with E-state index in [9.17, 15) is 4.79 Å². The van der Waals surface area contributed by atoms with Crippen LogP contribution in [0.2, 0.25) is 0 Å². The van der Waals surface area contributed by atoms with E-state index < -0.39 is 0 Å². The van der Waals surface area contributed by atoms with Crippen molar-refractivity contribution in [3.05, 3.63) is 69.0 Å². The molecular formula is C19H15BrN2O2S. The summed E-state index contributed by atoms with van der Waals surface area (Å²) >= 11 is 5.05. The molecule has 2 aromatic heterocycles. The second kappa shape index (κ2) is 6.69. The van der Waals surface area contributed by atoms with Crippen molar-refractivity contribution in [3.63, 3.8) is 0 Å². The van der Waals surface area contributed by atoms with E-state index in [1.165, 1.54) is 0 Å². The minimum atomic E-state index is -0.329. The van der Waals surface area contributed by atoms with E-state index in [0.717, 1.165) is 38.2 Å². The van der Waals surface area contributed by atoms with Gasteiger partial charge in [-0.05, 0) is 42.8 Å². The standard InChI is InChI=1S/C19H15BrN2O2S/c1-2-22-16-6-4-3-5-15(16)21-19(22)25-11-12-9-18(23)24-17-10-13(20)7-8-14(12)17/h3-10H,2,11H2,1H3. The van der Waals surface area contributed by atoms with Gasteiger partial charge in [-0.1, -0.05) is 39.8 Å². The van der Waals surface area contributed by atoms with Crippen molar-refractivity contribution in [3.8, 4) is 0 Å². The molecule has 4 aromatic rings. The number of hydrogen-bond acceptors (Lipinski definition) is 4. The second-order valence-electron chi connectivity index (χ2n) is 5.65. The van der Waals surface area contributed by atoms with E-state index in [0.29, 0.717) is 11.3 Å². The number of para-hydroxylation sites is 2. The average Bonchev–Trinajstić information content (AvgIpc) is 2.96. The zero-order chi connectivity index (χ0) is 17.4. The average molecular weight is 415 g/mol. The third-order valence-electron chi connectivity index (χ3n) is 4.08. The van der Waals surface area contributed by atoms with Crippen molar-refractivity contribution < 1.29 is 4.42 Å². The number of fused-ring (bicyclic) bond motifs is 2. The van der Waals surface area contributed by atoms with E-state index in [1.54, 1.807) is 17.8 Å². The Bertz CT molecular complexity index is 1130. The van der Waals surface area contributed by atoms with Gasteiger partial charge in [0.1, 0.15) is 5.58 Å². The molecule has 0 saturated carbocycles. The molecule has 0 atom stereocenters. The quantitative estimate of drug-likeness (QED) is 0.339. The Morgan fingerprint density at radius 3 is 2.88 bits per heavy atom. The molecule has 4 nitrogen and oxygen atoms in total. The molecule has 0 amide bonds. The molecule has 6 heteroatoms. The molecule has 0 unspecified atom stereocenters. The van der Waals surface area contributed by atoms with Crippen molar-refractivity contribution in [1.29, 1.82) is 0 Å². The van der Waals surface area contributed by atoms with Gasteiger partial charge in [0.05, 0.1) is 11.0 Å². The molecule has 0 aliphatic heterocycles. The summed E-state index contributed by atoms with van der Waals surface area (Å²) in [6.45, 7) is 2.97. The highest BCUT2D eigenvalue weighted by atomic mass is 79.9. The molecule has 126 valence electrons. The molecule has 2 heterocycles. The number of aromatic nitrogens is 2. The van der Waals surface area contributed by atoms with E-state index in [1.807, 2.05) is 36.4 Å². The van der Waals surface area contributed by atoms with E-state index >= 15 is 0 Å². The third-order valence-corrected chi connectivity index (χ3v) is 5.60. The van der Waals surface area contributed by atoms with Crippen LogP contribution in [0.4, 0.5) is 0 Å². The predicted octanol–water partition coefficient (Wildman–Crippen LogP) is 5.22. The number of benzene rings is 2. The maximum absolute atomic E-state index is 11.9. The topological polar surface area (TPSA) is 48.0 Å². The van der Waals surface area contributed by atoms with Gasteiger partial charge in [0.2, 0.25) is 0 Å². The maximum atomic E-state index is 11.9. The number of hydrogen-bond donors (Lipinski definition) is 0. The SMILES string of the molecule is CCn1c(SCc2cc(=O)oc3cc(Br)ccc23)nc2ccccc21. The minimum Gasteiger partial charge on any atom is -0.423 e. The summed E-state index contributed by atoms with van der Waals surface area (Å²) in [6, 6.07) is 15.5. The lowest BCUT2D eigenvalue weighted by Gasteiger charge is -2.07. The first-order valence-corrected chi connectivity index (χ1v) is 9.74. The van der Waals surface area contributed by atoms with Gasteiger partial charge in [0, 0.05) is 28.2 Å². The van der Waals surface area contributed by atoms with Crippen LogP contribution in [0.15, 0.2) is 67.4 Å². The van der Waals surface area contributed by atoms with Crippen LogP contribution in [0.25, 0.3) is 22.0 Å². The fourth-order valence-corrected chi connectivity index (χ4v) is 4.34. The summed E-state index contributed by atoms with van der Waals surface area (Å²) in [5, 5.41) is 1.91. The van der Waals surface area contributed by atoms with Crippen LogP contribution < -0.4 is 5.63 Å². The molecule has 0 bridgehead atoms. The first kappa shape index (κ1) is 16.4. The van der Waals surface area contributed by atoms with Gasteiger partial charge in [0.25, 0.3) is 0 Å². The molecule has 0 aliphatic carbocycles. The van der Waals surface area contributed by atoms with Crippen LogP contribution >= 0.6 is 27.7 Å². The smallest absolute Gasteiger partial charge is 0.336 e. The normalized spacial score (nSPS) is 11.4. The summed E-state index contributed by atoms with van der Waals surface area (Å²) in [5.74, 6) is 0.660. The van der Waals surface area contributed by atoms with Crippen molar-refractivity contribution in [1.82, 2.24) is 9.55 Å². The van der Waals surface area contributed by atoms with Gasteiger partial charge in [-0.25, -0.2) is 9.78 Å². The number of rotatable bonds is 4. The lowest BCUT2D eigenvalue weighted by molar-refractivity contribution is 0.559. The highest BCUT2D eigenvalue weighted by molar-refractivity contribution is 9.10. The predicted molar refractivity (Wildman–Crippen MR) is 105 cm³/mol. The first-order chi connectivity index (χ1) is 12.2. The van der Waals surface area contributed by atoms with Crippen LogP contribution in [0.1, 0.15) is 12.5 Å². The fourth-order valence-electron chi connectivity index (χ4n) is 2.93. The van der Waals surface area contributed by atoms with Crippen LogP contribution in [-0.4, -0.2) is 9.55 Å². The van der Waals surface area contributed by atoms with E-state index in [-0.39, 0.29) is 5.63 Å². The lowest BCUT2D eigenvalue weighted by Crippen LogP contribution is -2.01. The number of nitrogens with zero attached hydrogens (tertiary/aromatic N) is 2. The summed E-state index contributed by atoms with van der Waals surface area (Å²) in [6.07, 6.45) is 0. The summed E-state index contributed by atoms with van der Waals surface area (Å²) in [5.41, 5.74) is 3.35. The monoisotopic (exact) mass is 414 g/mol. The summed E-state index contributed by atoms with van der Waals surface area (Å²) in [4.78, 5) is 16.6. The zero-order valence-corrected chi connectivity index (χ0v) is 15.9. The molecule has 0 saturated heterocycles. The van der Waals surface area contributed by atoms with Crippen molar-refractivity contribution in [2.45, 2.75) is 24.4 Å². The van der Waals surface area contributed by atoms with E-state index in [2.05, 4.69) is 33.5 Å². The number of thioether (sulfide) groups is 1. The van der Waals surface area contributed by atoms with E-state index in [4.69, 9.17) is 9.40 Å². The highest BCUT2D eigenvalue weighted by Gasteiger charge is 2.12. The zero-order valence-electron chi connectivity index (χ0n) is 13.5. The van der Waals surface area contributed by atoms with Crippen LogP contribution in [0, 0.1) is 0 Å². The van der Waals surface area contributed by atoms with Crippen LogP contribution in [0.5, 0.6) is 0 Å². The minimum absolute atomic E-state index is 0.329. The Hall–Kier alpha value is -2.05. The molecule has 2 aromatic carbocycles. The Kier molecular flexibility index (Phi) is 4.39. The van der Waals surface area contributed by atoms with Gasteiger partial charge >= 0.3 is 5.63 Å². The Labute approximate surface area is 157 Å². The lowest BCUT2D eigenvalue weighted by atomic mass is 10.1. The number of aryl methyl sites for hydroxylation is 1. The van der Waals surface area contributed by atoms with Crippen molar-refractivity contribution in [2.24, 2.45) is 0 Å². The largest absolute Gasteiger partial charge is 0.423 e. The summed E-state index contributed by atoms with van der Waals surface area (Å²) in [7, 11) is 0. The van der Waals surface area contributed by atoms with Crippen molar-refractivity contribution in [2.75, 3.05) is 0 Å². The molecule has 0 aliphatic rings. The van der Waals surface area contributed by atoms with Crippen LogP contribution in [0.3, 0.4) is 0 Å². The second-order valence-corrected chi connectivity index (χ2v) is 7.51. The molecule has 0 spiro atoms. The molecule has 0 radical (unpaired) electrons. The molecular weight excluding hydrogens is 400 g/mol. The van der Waals surface area contributed by atoms with Gasteiger partial charge in [-0.3, -0.25) is 0 Å². The fraction of sp³-hybridized carbons (Fsp3) is 0.158. The number of halogens is 1. The molecule has 0 fully saturated rings. The maximum Gasteiger partial charge on any atom is 0.336 e. The Balaban J connectivity index is 1.72. The molecule has 25 heavy (non-hydrogen) atoms. The third kappa shape index (κ3) is 3.12. The highest BCUT2D eigenvalue weighted by Crippen LogP contribution is 2.29. The molecule has 4 rings (SSSR count). The van der Waals surface area contributed by atoms with Crippen LogP contribution in [-0.2, 0) is 12.3 Å². The summed E-state index contributed by atoms with van der Waals surface area (Å²) < 4.78 is 8.40. The Morgan fingerprint density at radius 1 is 1.20 bits per heavy atom. The Morgan fingerprint density at radius 2 is 2.04 bits per heavy atom. The van der Waals surface area contributed by atoms with Crippen molar-refractivity contribution >= 4 is 49.7 Å². The van der Waals surface area contributed by atoms with Gasteiger partial charge < -0.3 is 8.98 Å². The van der Waals surface area contributed by atoms with Gasteiger partial charge in [-0.2, -0.15) is 0 Å². The molecule has 0 N–H and O–H groups in total. The van der Waals surface area contributed by atoms with Gasteiger partial charge in [-0.15, -0.1) is 0 Å². The number of imidazole rings is 1. The first-order valence-electron chi connectivity index (χ1n) is 7.96.